The summed E-state index contributed by atoms with van der Waals surface area (Å²) in [6.07, 6.45) is 2.25. The number of ether oxygens (including phenoxy) is 1. The Hall–Kier alpha value is -2.86. The van der Waals surface area contributed by atoms with Crippen molar-refractivity contribution in [3.63, 3.8) is 0 Å². The van der Waals surface area contributed by atoms with Crippen molar-refractivity contribution in [1.82, 2.24) is 9.80 Å². The maximum absolute atomic E-state index is 13.3. The van der Waals surface area contributed by atoms with E-state index in [0.29, 0.717) is 23.1 Å². The predicted molar refractivity (Wildman–Crippen MR) is 120 cm³/mol. The van der Waals surface area contributed by atoms with Crippen molar-refractivity contribution >= 4 is 11.8 Å². The lowest BCUT2D eigenvalue weighted by molar-refractivity contribution is 0.0767. The largest absolute Gasteiger partial charge is 0.497 e. The Bertz CT molecular complexity index is 946. The van der Waals surface area contributed by atoms with Gasteiger partial charge in [0, 0.05) is 26.2 Å². The zero-order valence-electron chi connectivity index (χ0n) is 18.3. The SMILES string of the molecule is COc1cc(C)c(C(=O)N2CC3CN(CCCc4ccccc4)C[C@H]3C2)c(C(N)=O)c1. The molecule has 0 saturated carbocycles. The van der Waals surface area contributed by atoms with Gasteiger partial charge in [0.1, 0.15) is 5.75 Å². The number of hydrogen-bond donors (Lipinski definition) is 1. The minimum absolute atomic E-state index is 0.0982. The van der Waals surface area contributed by atoms with E-state index in [1.54, 1.807) is 12.1 Å². The summed E-state index contributed by atoms with van der Waals surface area (Å²) in [5.41, 5.74) is 8.33. The molecular weight excluding hydrogens is 390 g/mol. The van der Waals surface area contributed by atoms with E-state index in [1.807, 2.05) is 11.8 Å². The van der Waals surface area contributed by atoms with Crippen molar-refractivity contribution in [1.29, 1.82) is 0 Å². The van der Waals surface area contributed by atoms with E-state index >= 15 is 0 Å². The molecule has 0 bridgehead atoms. The van der Waals surface area contributed by atoms with E-state index in [4.69, 9.17) is 10.5 Å². The topological polar surface area (TPSA) is 75.9 Å². The van der Waals surface area contributed by atoms with Gasteiger partial charge in [0.05, 0.1) is 18.2 Å². The number of aryl methyl sites for hydroxylation is 2. The number of likely N-dealkylation sites (tertiary alicyclic amines) is 2. The maximum Gasteiger partial charge on any atom is 0.254 e. The van der Waals surface area contributed by atoms with Crippen molar-refractivity contribution < 1.29 is 14.3 Å². The van der Waals surface area contributed by atoms with Crippen LogP contribution in [-0.2, 0) is 6.42 Å². The highest BCUT2D eigenvalue weighted by molar-refractivity contribution is 6.08. The molecule has 2 aliphatic rings. The van der Waals surface area contributed by atoms with Crippen LogP contribution in [0.3, 0.4) is 0 Å². The molecule has 2 saturated heterocycles. The maximum atomic E-state index is 13.3. The van der Waals surface area contributed by atoms with E-state index in [-0.39, 0.29) is 11.5 Å². The standard InChI is InChI=1S/C25H31N3O3/c1-17-11-21(31-2)12-22(24(26)29)23(17)25(30)28-15-19-13-27(14-20(19)16-28)10-6-9-18-7-4-3-5-8-18/h3-5,7-8,11-12,19-20H,6,9-10,13-16H2,1-2H3,(H2,26,29)/t19-,20?/m0/s1. The second-order valence-electron chi connectivity index (χ2n) is 8.81. The number of methoxy groups -OCH3 is 1. The van der Waals surface area contributed by atoms with E-state index in [9.17, 15) is 9.59 Å². The predicted octanol–water partition coefficient (Wildman–Crippen LogP) is 2.74. The number of amides is 2. The summed E-state index contributed by atoms with van der Waals surface area (Å²) in [7, 11) is 1.54. The molecule has 31 heavy (non-hydrogen) atoms. The van der Waals surface area contributed by atoms with Crippen LogP contribution in [0, 0.1) is 18.8 Å². The molecule has 1 unspecified atom stereocenters. The van der Waals surface area contributed by atoms with Crippen LogP contribution in [-0.4, -0.2) is 61.4 Å². The van der Waals surface area contributed by atoms with E-state index in [2.05, 4.69) is 35.2 Å². The minimum Gasteiger partial charge on any atom is -0.497 e. The molecule has 6 nitrogen and oxygen atoms in total. The minimum atomic E-state index is -0.602. The summed E-state index contributed by atoms with van der Waals surface area (Å²) in [4.78, 5) is 29.7. The van der Waals surface area contributed by atoms with Crippen molar-refractivity contribution in [2.24, 2.45) is 17.6 Å². The van der Waals surface area contributed by atoms with E-state index < -0.39 is 5.91 Å². The molecule has 2 fully saturated rings. The molecule has 0 spiro atoms. The molecule has 2 atom stereocenters. The van der Waals surface area contributed by atoms with E-state index in [0.717, 1.165) is 51.1 Å². The summed E-state index contributed by atoms with van der Waals surface area (Å²) >= 11 is 0. The van der Waals surface area contributed by atoms with Gasteiger partial charge in [-0.15, -0.1) is 0 Å². The van der Waals surface area contributed by atoms with Crippen molar-refractivity contribution in [3.05, 3.63) is 64.7 Å². The molecule has 0 aliphatic carbocycles. The molecule has 2 aromatic carbocycles. The third-order valence-corrected chi connectivity index (χ3v) is 6.66. The molecule has 2 heterocycles. The molecule has 2 amide bonds. The number of nitrogens with two attached hydrogens (primary N) is 1. The molecule has 6 heteroatoms. The zero-order valence-corrected chi connectivity index (χ0v) is 18.3. The Morgan fingerprint density at radius 3 is 2.35 bits per heavy atom. The Morgan fingerprint density at radius 2 is 1.74 bits per heavy atom. The Morgan fingerprint density at radius 1 is 1.06 bits per heavy atom. The van der Waals surface area contributed by atoms with Gasteiger partial charge in [-0.25, -0.2) is 0 Å². The highest BCUT2D eigenvalue weighted by atomic mass is 16.5. The highest BCUT2D eigenvalue weighted by Gasteiger charge is 2.42. The second-order valence-corrected chi connectivity index (χ2v) is 8.81. The van der Waals surface area contributed by atoms with Crippen LogP contribution in [0.2, 0.25) is 0 Å². The Balaban J connectivity index is 1.35. The number of primary amides is 1. The third kappa shape index (κ3) is 4.59. The first-order valence-electron chi connectivity index (χ1n) is 11.0. The van der Waals surface area contributed by atoms with Crippen molar-refractivity contribution in [3.8, 4) is 5.75 Å². The number of carbonyl (C=O) groups excluding carboxylic acids is 2. The van der Waals surface area contributed by atoms with Crippen LogP contribution in [0.1, 0.15) is 38.3 Å². The van der Waals surface area contributed by atoms with Gasteiger partial charge in [-0.05, 0) is 61.4 Å². The Labute approximate surface area is 184 Å². The van der Waals surface area contributed by atoms with Gasteiger partial charge in [0.25, 0.3) is 5.91 Å². The quantitative estimate of drug-likeness (QED) is 0.746. The number of rotatable bonds is 7. The molecule has 2 aromatic rings. The summed E-state index contributed by atoms with van der Waals surface area (Å²) in [5.74, 6) is 0.827. The number of carbonyl (C=O) groups is 2. The van der Waals surface area contributed by atoms with Gasteiger partial charge < -0.3 is 20.3 Å². The van der Waals surface area contributed by atoms with Gasteiger partial charge in [-0.3, -0.25) is 9.59 Å². The van der Waals surface area contributed by atoms with Crippen molar-refractivity contribution in [2.45, 2.75) is 19.8 Å². The Kier molecular flexibility index (Phi) is 6.28. The fraction of sp³-hybridized carbons (Fsp3) is 0.440. The molecule has 4 rings (SSSR count). The molecule has 2 N–H and O–H groups in total. The van der Waals surface area contributed by atoms with Gasteiger partial charge >= 0.3 is 0 Å². The molecule has 0 aromatic heterocycles. The molecule has 2 aliphatic heterocycles. The van der Waals surface area contributed by atoms with Gasteiger partial charge in [-0.1, -0.05) is 30.3 Å². The second kappa shape index (κ2) is 9.10. The number of hydrogen-bond acceptors (Lipinski definition) is 4. The molecule has 0 radical (unpaired) electrons. The number of fused-ring (bicyclic) bond motifs is 1. The lowest BCUT2D eigenvalue weighted by Crippen LogP contribution is -2.35. The smallest absolute Gasteiger partial charge is 0.254 e. The van der Waals surface area contributed by atoms with Gasteiger partial charge in [0.2, 0.25) is 5.91 Å². The van der Waals surface area contributed by atoms with Crippen LogP contribution >= 0.6 is 0 Å². The van der Waals surface area contributed by atoms with Crippen molar-refractivity contribution in [2.75, 3.05) is 39.8 Å². The first-order valence-corrected chi connectivity index (χ1v) is 11.0. The first-order chi connectivity index (χ1) is 15.0. The van der Waals surface area contributed by atoms with Gasteiger partial charge in [0.15, 0.2) is 0 Å². The zero-order chi connectivity index (χ0) is 22.0. The summed E-state index contributed by atoms with van der Waals surface area (Å²) in [5, 5.41) is 0. The van der Waals surface area contributed by atoms with Gasteiger partial charge in [-0.2, -0.15) is 0 Å². The lowest BCUT2D eigenvalue weighted by atomic mass is 9.99. The molecular formula is C25H31N3O3. The molecule has 164 valence electrons. The summed E-state index contributed by atoms with van der Waals surface area (Å²) in [6.45, 7) is 6.47. The van der Waals surface area contributed by atoms with Crippen LogP contribution in [0.5, 0.6) is 5.75 Å². The summed E-state index contributed by atoms with van der Waals surface area (Å²) in [6, 6.07) is 14.0. The average Bonchev–Trinajstić information content (AvgIpc) is 3.32. The van der Waals surface area contributed by atoms with Crippen LogP contribution in [0.25, 0.3) is 0 Å². The van der Waals surface area contributed by atoms with Crippen LogP contribution < -0.4 is 10.5 Å². The fourth-order valence-corrected chi connectivity index (χ4v) is 5.10. The average molecular weight is 422 g/mol. The lowest BCUT2D eigenvalue weighted by Gasteiger charge is -2.23. The number of benzene rings is 2. The normalized spacial score (nSPS) is 20.6. The van der Waals surface area contributed by atoms with E-state index in [1.165, 1.54) is 12.7 Å². The number of nitrogens with zero attached hydrogens (tertiary/aromatic N) is 2. The van der Waals surface area contributed by atoms with Crippen LogP contribution in [0.15, 0.2) is 42.5 Å². The van der Waals surface area contributed by atoms with Crippen LogP contribution in [0.4, 0.5) is 0 Å². The highest BCUT2D eigenvalue weighted by Crippen LogP contribution is 2.33. The first kappa shape index (κ1) is 21.4. The third-order valence-electron chi connectivity index (χ3n) is 6.66. The summed E-state index contributed by atoms with van der Waals surface area (Å²) < 4.78 is 5.24. The fourth-order valence-electron chi connectivity index (χ4n) is 5.10. The monoisotopic (exact) mass is 421 g/mol.